The smallest absolute Gasteiger partial charge is 0.410 e. The topological polar surface area (TPSA) is 49.9 Å². The van der Waals surface area contributed by atoms with Gasteiger partial charge in [0.05, 0.1) is 10.0 Å². The normalized spacial score (nSPS) is 18.1. The number of likely N-dealkylation sites (tertiary alicyclic amines) is 1. The number of ether oxygens (including phenoxy) is 1. The van der Waals surface area contributed by atoms with Crippen molar-refractivity contribution in [1.82, 2.24) is 9.80 Å². The molecule has 0 N–H and O–H groups in total. The van der Waals surface area contributed by atoms with E-state index in [-0.39, 0.29) is 17.9 Å². The molecule has 154 valence electrons. The average molecular weight is 427 g/mol. The summed E-state index contributed by atoms with van der Waals surface area (Å²) in [5.41, 5.74) is 0.479. The molecular formula is C21H28Cl2N2O3. The highest BCUT2D eigenvalue weighted by atomic mass is 35.5. The van der Waals surface area contributed by atoms with Crippen LogP contribution < -0.4 is 0 Å². The molecule has 28 heavy (non-hydrogen) atoms. The third-order valence-electron chi connectivity index (χ3n) is 5.10. The van der Waals surface area contributed by atoms with E-state index < -0.39 is 5.60 Å². The van der Waals surface area contributed by atoms with Gasteiger partial charge in [-0.05, 0) is 64.2 Å². The number of carbonyl (C=O) groups excluding carboxylic acids is 2. The van der Waals surface area contributed by atoms with Crippen molar-refractivity contribution in [2.75, 3.05) is 13.1 Å². The summed E-state index contributed by atoms with van der Waals surface area (Å²) in [7, 11) is 0. The zero-order valence-electron chi connectivity index (χ0n) is 16.7. The van der Waals surface area contributed by atoms with E-state index in [1.54, 1.807) is 11.0 Å². The molecule has 0 spiro atoms. The van der Waals surface area contributed by atoms with Gasteiger partial charge in [-0.15, -0.1) is 0 Å². The molecule has 1 aromatic carbocycles. The van der Waals surface area contributed by atoms with Gasteiger partial charge < -0.3 is 14.5 Å². The number of benzene rings is 1. The summed E-state index contributed by atoms with van der Waals surface area (Å²) in [4.78, 5) is 29.1. The van der Waals surface area contributed by atoms with Crippen molar-refractivity contribution >= 4 is 35.2 Å². The Hall–Kier alpha value is -1.46. The van der Waals surface area contributed by atoms with E-state index in [0.717, 1.165) is 18.4 Å². The molecule has 0 bridgehead atoms. The van der Waals surface area contributed by atoms with Crippen molar-refractivity contribution in [3.05, 3.63) is 33.8 Å². The molecule has 1 aliphatic heterocycles. The lowest BCUT2D eigenvalue weighted by Gasteiger charge is -2.35. The molecule has 0 unspecified atom stereocenters. The highest BCUT2D eigenvalue weighted by Gasteiger charge is 2.38. The van der Waals surface area contributed by atoms with Gasteiger partial charge in [0, 0.05) is 31.6 Å². The number of piperidine rings is 1. The molecular weight excluding hydrogens is 399 g/mol. The SMILES string of the molecule is CC(C)(C)OC(=O)N1CCC(C(=O)N(Cc2ccc(Cl)c(Cl)c2)C2CC2)CC1. The maximum atomic E-state index is 13.2. The van der Waals surface area contributed by atoms with Crippen molar-refractivity contribution in [2.45, 2.75) is 64.6 Å². The van der Waals surface area contributed by atoms with Crippen molar-refractivity contribution in [3.8, 4) is 0 Å². The third kappa shape index (κ3) is 5.54. The molecule has 2 amide bonds. The molecule has 0 radical (unpaired) electrons. The molecule has 1 saturated heterocycles. The fourth-order valence-corrected chi connectivity index (χ4v) is 3.80. The predicted molar refractivity (Wildman–Crippen MR) is 111 cm³/mol. The van der Waals surface area contributed by atoms with Gasteiger partial charge in [-0.3, -0.25) is 4.79 Å². The quantitative estimate of drug-likeness (QED) is 0.669. The van der Waals surface area contributed by atoms with Gasteiger partial charge >= 0.3 is 6.09 Å². The van der Waals surface area contributed by atoms with Crippen LogP contribution in [-0.4, -0.2) is 46.5 Å². The van der Waals surface area contributed by atoms with Crippen LogP contribution in [0.5, 0.6) is 0 Å². The standard InChI is InChI=1S/C21H28Cl2N2O3/c1-21(2,3)28-20(27)24-10-8-15(9-11-24)19(26)25(16-5-6-16)13-14-4-7-17(22)18(23)12-14/h4,7,12,15-16H,5-6,8-11,13H2,1-3H3. The zero-order valence-corrected chi connectivity index (χ0v) is 18.2. The van der Waals surface area contributed by atoms with E-state index in [1.807, 2.05) is 37.8 Å². The first-order valence-corrected chi connectivity index (χ1v) is 10.6. The van der Waals surface area contributed by atoms with E-state index in [1.165, 1.54) is 0 Å². The molecule has 1 aliphatic carbocycles. The maximum absolute atomic E-state index is 13.2. The molecule has 7 heteroatoms. The number of rotatable bonds is 4. The lowest BCUT2D eigenvalue weighted by atomic mass is 9.95. The van der Waals surface area contributed by atoms with Crippen LogP contribution in [0.3, 0.4) is 0 Å². The van der Waals surface area contributed by atoms with Gasteiger partial charge in [0.1, 0.15) is 5.60 Å². The number of hydrogen-bond acceptors (Lipinski definition) is 3. The summed E-state index contributed by atoms with van der Waals surface area (Å²) >= 11 is 12.1. The van der Waals surface area contributed by atoms with Crippen LogP contribution in [0.15, 0.2) is 18.2 Å². The van der Waals surface area contributed by atoms with Gasteiger partial charge in [0.25, 0.3) is 0 Å². The largest absolute Gasteiger partial charge is 0.444 e. The molecule has 1 saturated carbocycles. The van der Waals surface area contributed by atoms with Crippen molar-refractivity contribution < 1.29 is 14.3 Å². The Morgan fingerprint density at radius 2 is 1.75 bits per heavy atom. The van der Waals surface area contributed by atoms with Crippen LogP contribution in [0, 0.1) is 5.92 Å². The molecule has 0 atom stereocenters. The van der Waals surface area contributed by atoms with Gasteiger partial charge in [-0.25, -0.2) is 4.79 Å². The second kappa shape index (κ2) is 8.50. The number of nitrogens with zero attached hydrogens (tertiary/aromatic N) is 2. The van der Waals surface area contributed by atoms with E-state index >= 15 is 0 Å². The van der Waals surface area contributed by atoms with Crippen LogP contribution in [0.1, 0.15) is 52.0 Å². The Bertz CT molecular complexity index is 736. The van der Waals surface area contributed by atoms with Crippen molar-refractivity contribution in [3.63, 3.8) is 0 Å². The van der Waals surface area contributed by atoms with E-state index in [0.29, 0.717) is 48.6 Å². The Morgan fingerprint density at radius 1 is 1.11 bits per heavy atom. The Kier molecular flexibility index (Phi) is 6.45. The Balaban J connectivity index is 1.59. The summed E-state index contributed by atoms with van der Waals surface area (Å²) in [6, 6.07) is 5.83. The summed E-state index contributed by atoms with van der Waals surface area (Å²) in [6.45, 7) is 7.23. The number of carbonyl (C=O) groups is 2. The number of amides is 2. The van der Waals surface area contributed by atoms with E-state index in [2.05, 4.69) is 0 Å². The fraction of sp³-hybridized carbons (Fsp3) is 0.619. The van der Waals surface area contributed by atoms with Gasteiger partial charge in [-0.1, -0.05) is 29.3 Å². The molecule has 1 aromatic rings. The highest BCUT2D eigenvalue weighted by Crippen LogP contribution is 2.33. The van der Waals surface area contributed by atoms with Gasteiger partial charge in [0.15, 0.2) is 0 Å². The van der Waals surface area contributed by atoms with Gasteiger partial charge in [-0.2, -0.15) is 0 Å². The second-order valence-corrected chi connectivity index (χ2v) is 9.50. The van der Waals surface area contributed by atoms with Gasteiger partial charge in [0.2, 0.25) is 5.91 Å². The molecule has 0 aromatic heterocycles. The van der Waals surface area contributed by atoms with Crippen LogP contribution in [0.2, 0.25) is 10.0 Å². The lowest BCUT2D eigenvalue weighted by molar-refractivity contribution is -0.138. The minimum atomic E-state index is -0.508. The highest BCUT2D eigenvalue weighted by molar-refractivity contribution is 6.42. The predicted octanol–water partition coefficient (Wildman–Crippen LogP) is 5.13. The van der Waals surface area contributed by atoms with Crippen LogP contribution in [0.4, 0.5) is 4.79 Å². The monoisotopic (exact) mass is 426 g/mol. The third-order valence-corrected chi connectivity index (χ3v) is 5.84. The second-order valence-electron chi connectivity index (χ2n) is 8.69. The first kappa shape index (κ1) is 21.3. The van der Waals surface area contributed by atoms with Crippen LogP contribution in [0.25, 0.3) is 0 Å². The minimum absolute atomic E-state index is 0.0536. The summed E-state index contributed by atoms with van der Waals surface area (Å²) in [6.07, 6.45) is 3.13. The van der Waals surface area contributed by atoms with E-state index in [9.17, 15) is 9.59 Å². The molecule has 5 nitrogen and oxygen atoms in total. The molecule has 2 aliphatic rings. The first-order chi connectivity index (χ1) is 13.1. The molecule has 2 fully saturated rings. The fourth-order valence-electron chi connectivity index (χ4n) is 3.48. The number of hydrogen-bond donors (Lipinski definition) is 0. The molecule has 1 heterocycles. The first-order valence-electron chi connectivity index (χ1n) is 9.86. The average Bonchev–Trinajstić information content (AvgIpc) is 3.46. The van der Waals surface area contributed by atoms with Crippen molar-refractivity contribution in [2.24, 2.45) is 5.92 Å². The number of halogens is 2. The Labute approximate surface area is 176 Å². The lowest BCUT2D eigenvalue weighted by Crippen LogP contribution is -2.46. The summed E-state index contributed by atoms with van der Waals surface area (Å²) < 4.78 is 5.44. The van der Waals surface area contributed by atoms with Crippen LogP contribution in [-0.2, 0) is 16.1 Å². The van der Waals surface area contributed by atoms with Crippen molar-refractivity contribution in [1.29, 1.82) is 0 Å². The summed E-state index contributed by atoms with van der Waals surface area (Å²) in [5.74, 6) is 0.125. The Morgan fingerprint density at radius 3 is 2.29 bits per heavy atom. The molecule has 3 rings (SSSR count). The summed E-state index contributed by atoms with van der Waals surface area (Å²) in [5, 5.41) is 1.03. The van der Waals surface area contributed by atoms with E-state index in [4.69, 9.17) is 27.9 Å². The maximum Gasteiger partial charge on any atom is 0.410 e. The minimum Gasteiger partial charge on any atom is -0.444 e. The zero-order chi connectivity index (χ0) is 20.5. The van der Waals surface area contributed by atoms with Crippen LogP contribution >= 0.6 is 23.2 Å².